The van der Waals surface area contributed by atoms with E-state index in [1.165, 1.54) is 6.08 Å². The maximum absolute atomic E-state index is 13.2. The first-order valence-corrected chi connectivity index (χ1v) is 11.2. The minimum absolute atomic E-state index is 0.0376. The molecular formula is C27H32N2O4. The Morgan fingerprint density at radius 2 is 1.79 bits per heavy atom. The SMILES string of the molecule is CC(C)Oc1ccc(C2C(C(=O)/C=C/c3ccccc3)=C(O)C(=O)N2CCCN(C)C)cc1. The highest BCUT2D eigenvalue weighted by molar-refractivity contribution is 6.14. The summed E-state index contributed by atoms with van der Waals surface area (Å²) in [5.41, 5.74) is 1.73. The number of ether oxygens (including phenoxy) is 1. The first kappa shape index (κ1) is 24.3. The number of benzene rings is 2. The summed E-state index contributed by atoms with van der Waals surface area (Å²) in [7, 11) is 3.94. The van der Waals surface area contributed by atoms with Crippen molar-refractivity contribution >= 4 is 17.8 Å². The number of aliphatic hydroxyl groups is 1. The summed E-state index contributed by atoms with van der Waals surface area (Å²) >= 11 is 0. The lowest BCUT2D eigenvalue weighted by atomic mass is 9.95. The highest BCUT2D eigenvalue weighted by Crippen LogP contribution is 2.38. The molecule has 6 heteroatoms. The number of carbonyl (C=O) groups excluding carboxylic acids is 2. The predicted molar refractivity (Wildman–Crippen MR) is 130 cm³/mol. The first-order valence-electron chi connectivity index (χ1n) is 11.2. The molecule has 2 aromatic rings. The maximum atomic E-state index is 13.2. The van der Waals surface area contributed by atoms with Gasteiger partial charge >= 0.3 is 0 Å². The van der Waals surface area contributed by atoms with E-state index < -0.39 is 17.7 Å². The summed E-state index contributed by atoms with van der Waals surface area (Å²) in [5, 5.41) is 10.7. The summed E-state index contributed by atoms with van der Waals surface area (Å²) in [6.07, 6.45) is 3.87. The number of amides is 1. The quantitative estimate of drug-likeness (QED) is 0.546. The maximum Gasteiger partial charge on any atom is 0.290 e. The van der Waals surface area contributed by atoms with Crippen molar-refractivity contribution in [1.29, 1.82) is 0 Å². The van der Waals surface area contributed by atoms with Gasteiger partial charge in [0.1, 0.15) is 5.75 Å². The van der Waals surface area contributed by atoms with Crippen LogP contribution in [0, 0.1) is 0 Å². The molecule has 6 nitrogen and oxygen atoms in total. The molecule has 0 saturated heterocycles. The third-order valence-corrected chi connectivity index (χ3v) is 5.37. The van der Waals surface area contributed by atoms with E-state index in [-0.39, 0.29) is 17.5 Å². The van der Waals surface area contributed by atoms with Gasteiger partial charge in [-0.2, -0.15) is 0 Å². The normalized spacial score (nSPS) is 16.5. The molecule has 1 aliphatic rings. The highest BCUT2D eigenvalue weighted by atomic mass is 16.5. The minimum Gasteiger partial charge on any atom is -0.503 e. The van der Waals surface area contributed by atoms with Crippen molar-refractivity contribution in [2.75, 3.05) is 27.2 Å². The molecule has 174 valence electrons. The molecule has 3 rings (SSSR count). The largest absolute Gasteiger partial charge is 0.503 e. The number of hydrogen-bond donors (Lipinski definition) is 1. The van der Waals surface area contributed by atoms with Gasteiger partial charge in [-0.3, -0.25) is 9.59 Å². The first-order chi connectivity index (χ1) is 15.8. The number of allylic oxidation sites excluding steroid dienone is 1. The minimum atomic E-state index is -0.652. The molecule has 0 bridgehead atoms. The fourth-order valence-electron chi connectivity index (χ4n) is 3.87. The Labute approximate surface area is 195 Å². The van der Waals surface area contributed by atoms with Gasteiger partial charge in [0, 0.05) is 6.54 Å². The Hall–Kier alpha value is -3.38. The summed E-state index contributed by atoms with van der Waals surface area (Å²) in [5.74, 6) is -0.664. The number of rotatable bonds is 10. The van der Waals surface area contributed by atoms with Gasteiger partial charge in [0.05, 0.1) is 17.7 Å². The van der Waals surface area contributed by atoms with Crippen LogP contribution in [0.1, 0.15) is 37.4 Å². The molecule has 1 amide bonds. The summed E-state index contributed by atoms with van der Waals surface area (Å²) in [4.78, 5) is 29.8. The van der Waals surface area contributed by atoms with Gasteiger partial charge in [-0.05, 0) is 70.2 Å². The molecule has 1 N–H and O–H groups in total. The Morgan fingerprint density at radius 3 is 2.39 bits per heavy atom. The third kappa shape index (κ3) is 6.11. The predicted octanol–water partition coefficient (Wildman–Crippen LogP) is 4.40. The molecule has 0 saturated carbocycles. The lowest BCUT2D eigenvalue weighted by molar-refractivity contribution is -0.129. The molecule has 1 aliphatic heterocycles. The van der Waals surface area contributed by atoms with Crippen molar-refractivity contribution < 1.29 is 19.4 Å². The van der Waals surface area contributed by atoms with Gasteiger partial charge in [0.15, 0.2) is 11.5 Å². The Balaban J connectivity index is 1.93. The summed E-state index contributed by atoms with van der Waals surface area (Å²) in [6.45, 7) is 5.12. The molecule has 2 aromatic carbocycles. The number of hydrogen-bond acceptors (Lipinski definition) is 5. The van der Waals surface area contributed by atoms with Crippen LogP contribution in [0.5, 0.6) is 5.75 Å². The van der Waals surface area contributed by atoms with Crippen LogP contribution >= 0.6 is 0 Å². The van der Waals surface area contributed by atoms with Crippen molar-refractivity contribution in [2.24, 2.45) is 0 Å². The van der Waals surface area contributed by atoms with E-state index in [0.717, 1.165) is 24.1 Å². The second-order valence-electron chi connectivity index (χ2n) is 8.66. The van der Waals surface area contributed by atoms with Crippen LogP contribution in [0.15, 0.2) is 72.0 Å². The van der Waals surface area contributed by atoms with Gasteiger partial charge in [-0.1, -0.05) is 48.5 Å². The number of carbonyl (C=O) groups is 2. The van der Waals surface area contributed by atoms with E-state index in [4.69, 9.17) is 4.74 Å². The van der Waals surface area contributed by atoms with Crippen LogP contribution in [-0.2, 0) is 9.59 Å². The van der Waals surface area contributed by atoms with E-state index in [0.29, 0.717) is 12.3 Å². The number of aliphatic hydroxyl groups excluding tert-OH is 1. The van der Waals surface area contributed by atoms with Crippen molar-refractivity contribution in [2.45, 2.75) is 32.4 Å². The van der Waals surface area contributed by atoms with E-state index in [1.54, 1.807) is 11.0 Å². The fourth-order valence-corrected chi connectivity index (χ4v) is 3.87. The van der Waals surface area contributed by atoms with E-state index in [2.05, 4.69) is 0 Å². The van der Waals surface area contributed by atoms with Crippen LogP contribution in [0.2, 0.25) is 0 Å². The smallest absolute Gasteiger partial charge is 0.290 e. The van der Waals surface area contributed by atoms with Crippen LogP contribution in [0.4, 0.5) is 0 Å². The average Bonchev–Trinajstić information content (AvgIpc) is 3.03. The Bertz CT molecular complexity index is 1020. The molecule has 0 spiro atoms. The van der Waals surface area contributed by atoms with E-state index >= 15 is 0 Å². The topological polar surface area (TPSA) is 70.1 Å². The van der Waals surface area contributed by atoms with Gasteiger partial charge in [-0.15, -0.1) is 0 Å². The van der Waals surface area contributed by atoms with Crippen molar-refractivity contribution in [3.05, 3.63) is 83.1 Å². The van der Waals surface area contributed by atoms with Gasteiger partial charge < -0.3 is 19.6 Å². The molecule has 0 aromatic heterocycles. The zero-order valence-corrected chi connectivity index (χ0v) is 19.7. The van der Waals surface area contributed by atoms with Crippen LogP contribution < -0.4 is 4.74 Å². The van der Waals surface area contributed by atoms with Gasteiger partial charge in [0.2, 0.25) is 0 Å². The standard InChI is InChI=1S/C27H32N2O4/c1-19(2)33-22-14-12-21(13-15-22)25-24(23(30)16-11-20-9-6-5-7-10-20)26(31)27(32)29(25)18-8-17-28(3)4/h5-7,9-16,19,25,31H,8,17-18H2,1-4H3/b16-11+. The summed E-state index contributed by atoms with van der Waals surface area (Å²) in [6, 6.07) is 16.1. The van der Waals surface area contributed by atoms with Crippen LogP contribution in [-0.4, -0.2) is 59.9 Å². The van der Waals surface area contributed by atoms with Crippen molar-refractivity contribution in [3.8, 4) is 5.75 Å². The van der Waals surface area contributed by atoms with Crippen LogP contribution in [0.3, 0.4) is 0 Å². The molecule has 0 radical (unpaired) electrons. The second-order valence-corrected chi connectivity index (χ2v) is 8.66. The highest BCUT2D eigenvalue weighted by Gasteiger charge is 2.42. The van der Waals surface area contributed by atoms with E-state index in [1.807, 2.05) is 87.4 Å². The third-order valence-electron chi connectivity index (χ3n) is 5.37. The fraction of sp³-hybridized carbons (Fsp3) is 0.333. The van der Waals surface area contributed by atoms with Crippen molar-refractivity contribution in [3.63, 3.8) is 0 Å². The Morgan fingerprint density at radius 1 is 1.12 bits per heavy atom. The monoisotopic (exact) mass is 448 g/mol. The lowest BCUT2D eigenvalue weighted by Gasteiger charge is -2.27. The van der Waals surface area contributed by atoms with Crippen LogP contribution in [0.25, 0.3) is 6.08 Å². The molecule has 1 heterocycles. The lowest BCUT2D eigenvalue weighted by Crippen LogP contribution is -2.33. The zero-order valence-electron chi connectivity index (χ0n) is 19.7. The van der Waals surface area contributed by atoms with Gasteiger partial charge in [0.25, 0.3) is 5.91 Å². The molecule has 0 aliphatic carbocycles. The molecule has 1 unspecified atom stereocenters. The number of nitrogens with zero attached hydrogens (tertiary/aromatic N) is 2. The molecule has 33 heavy (non-hydrogen) atoms. The summed E-state index contributed by atoms with van der Waals surface area (Å²) < 4.78 is 5.73. The Kier molecular flexibility index (Phi) is 8.06. The van der Waals surface area contributed by atoms with Gasteiger partial charge in [-0.25, -0.2) is 0 Å². The average molecular weight is 449 g/mol. The molecular weight excluding hydrogens is 416 g/mol. The number of ketones is 1. The molecule has 1 atom stereocenters. The van der Waals surface area contributed by atoms with E-state index in [9.17, 15) is 14.7 Å². The second kappa shape index (κ2) is 11.0. The zero-order chi connectivity index (χ0) is 24.0. The molecule has 0 fully saturated rings. The van der Waals surface area contributed by atoms with Crippen molar-refractivity contribution in [1.82, 2.24) is 9.80 Å².